The maximum Gasteiger partial charge on any atom is 0.416 e. The number of rotatable bonds is 6. The Balaban J connectivity index is 1.39. The van der Waals surface area contributed by atoms with Crippen LogP contribution in [0.25, 0.3) is 11.3 Å². The molecule has 0 unspecified atom stereocenters. The van der Waals surface area contributed by atoms with Crippen molar-refractivity contribution in [1.82, 2.24) is 14.9 Å². The van der Waals surface area contributed by atoms with Gasteiger partial charge in [-0.3, -0.25) is 0 Å². The van der Waals surface area contributed by atoms with E-state index in [1.54, 1.807) is 24.0 Å². The Morgan fingerprint density at radius 3 is 2.47 bits per heavy atom. The van der Waals surface area contributed by atoms with Gasteiger partial charge in [0.2, 0.25) is 0 Å². The highest BCUT2D eigenvalue weighted by molar-refractivity contribution is 5.73. The Kier molecular flexibility index (Phi) is 6.68. The number of piperazine rings is 1. The quantitative estimate of drug-likeness (QED) is 0.503. The molecule has 2 aromatic rings. The van der Waals surface area contributed by atoms with Gasteiger partial charge in [0.25, 0.3) is 0 Å². The zero-order valence-corrected chi connectivity index (χ0v) is 19.9. The lowest BCUT2D eigenvalue weighted by Gasteiger charge is -2.37. The van der Waals surface area contributed by atoms with Crippen LogP contribution < -0.4 is 9.64 Å². The van der Waals surface area contributed by atoms with Gasteiger partial charge < -0.3 is 14.5 Å². The minimum Gasteiger partial charge on any atom is -0.463 e. The van der Waals surface area contributed by atoms with Gasteiger partial charge in [-0.2, -0.15) is 23.1 Å². The first kappa shape index (κ1) is 24.3. The lowest BCUT2D eigenvalue weighted by molar-refractivity contribution is -0.0952. The summed E-state index contributed by atoms with van der Waals surface area (Å²) >= 11 is 0. The molecule has 2 aliphatic heterocycles. The first-order chi connectivity index (χ1) is 17.3. The van der Waals surface area contributed by atoms with Gasteiger partial charge in [0.1, 0.15) is 17.5 Å². The van der Waals surface area contributed by atoms with Crippen molar-refractivity contribution < 1.29 is 22.3 Å². The molecule has 1 saturated heterocycles. The molecule has 1 saturated carbocycles. The van der Waals surface area contributed by atoms with Crippen molar-refractivity contribution in [3.63, 3.8) is 0 Å². The van der Waals surface area contributed by atoms with Crippen LogP contribution in [0.2, 0.25) is 0 Å². The first-order valence-electron chi connectivity index (χ1n) is 12.1. The Morgan fingerprint density at radius 1 is 1.03 bits per heavy atom. The fourth-order valence-electron chi connectivity index (χ4n) is 4.26. The van der Waals surface area contributed by atoms with Crippen LogP contribution in [0.15, 0.2) is 52.8 Å². The fourth-order valence-corrected chi connectivity index (χ4v) is 4.26. The van der Waals surface area contributed by atoms with Crippen molar-refractivity contribution in [1.29, 1.82) is 0 Å². The fraction of sp³-hybridized carbons (Fsp3) is 0.423. The summed E-state index contributed by atoms with van der Waals surface area (Å²) in [6, 6.07) is 6.87. The summed E-state index contributed by atoms with van der Waals surface area (Å²) in [6.07, 6.45) is 2.02. The number of alkyl halides is 3. The molecule has 0 atom stereocenters. The first-order valence-corrected chi connectivity index (χ1v) is 12.1. The Labute approximate surface area is 207 Å². The number of halogens is 4. The van der Waals surface area contributed by atoms with E-state index in [2.05, 4.69) is 15.0 Å². The maximum absolute atomic E-state index is 13.8. The third-order valence-electron chi connectivity index (χ3n) is 6.55. The van der Waals surface area contributed by atoms with Crippen LogP contribution in [0.3, 0.4) is 0 Å². The van der Waals surface area contributed by atoms with Gasteiger partial charge in [0, 0.05) is 44.0 Å². The molecule has 6 nitrogen and oxygen atoms in total. The minimum absolute atomic E-state index is 0.0224. The van der Waals surface area contributed by atoms with Gasteiger partial charge in [0.05, 0.1) is 17.9 Å². The number of benzene rings is 1. The molecule has 5 rings (SSSR count). The largest absolute Gasteiger partial charge is 0.463 e. The molecule has 0 N–H and O–H groups in total. The van der Waals surface area contributed by atoms with Crippen LogP contribution in [0.5, 0.6) is 6.01 Å². The number of nitrogens with zero attached hydrogens (tertiary/aromatic N) is 5. The number of anilines is 1. The molecular weight excluding hydrogens is 474 g/mol. The number of aliphatic imine (C=N–C) groups is 1. The molecule has 1 aliphatic carbocycles. The van der Waals surface area contributed by atoms with Crippen LogP contribution in [0.4, 0.5) is 23.4 Å². The lowest BCUT2D eigenvalue weighted by atomic mass is 10.1. The summed E-state index contributed by atoms with van der Waals surface area (Å²) in [4.78, 5) is 16.9. The molecule has 190 valence electrons. The molecule has 1 aromatic heterocycles. The molecule has 0 spiro atoms. The molecule has 3 aliphatic rings. The molecule has 10 heteroatoms. The number of ether oxygens (including phenoxy) is 1. The van der Waals surface area contributed by atoms with Gasteiger partial charge in [-0.05, 0) is 61.9 Å². The van der Waals surface area contributed by atoms with E-state index in [-0.39, 0.29) is 24.1 Å². The normalized spacial score (nSPS) is 18.6. The number of hydrogen-bond donors (Lipinski definition) is 0. The summed E-state index contributed by atoms with van der Waals surface area (Å²) in [7, 11) is 0. The van der Waals surface area contributed by atoms with Crippen molar-refractivity contribution in [3.05, 3.63) is 59.2 Å². The van der Waals surface area contributed by atoms with Crippen LogP contribution in [-0.2, 0) is 0 Å². The molecule has 0 radical (unpaired) electrons. The molecule has 0 bridgehead atoms. The highest BCUT2D eigenvalue weighted by atomic mass is 19.4. The smallest absolute Gasteiger partial charge is 0.416 e. The standard InChI is InChI=1S/C26H27F4N5O/c1-17-14-19(7-8-21(17)27)22-15-23(33-25(32-22)36-16-18-5-6-18)34-10-12-35(13-11-34)24-20(26(28,29)30)4-2-3-9-31-24/h2-3,7-9,14-15,18H,4-6,10-13,16H2,1H3. The number of aryl methyl sites for hydroxylation is 1. The van der Waals surface area contributed by atoms with Crippen molar-refractivity contribution in [2.75, 3.05) is 37.7 Å². The van der Waals surface area contributed by atoms with Crippen molar-refractivity contribution in [2.45, 2.75) is 32.4 Å². The highest BCUT2D eigenvalue weighted by Gasteiger charge is 2.38. The molecule has 0 amide bonds. The van der Waals surface area contributed by atoms with Crippen LogP contribution >= 0.6 is 0 Å². The van der Waals surface area contributed by atoms with Crippen molar-refractivity contribution >= 4 is 12.0 Å². The SMILES string of the molecule is Cc1cc(-c2cc(N3CCN(C4=C(C(F)(F)F)CC=CC=N4)CC3)nc(OCC3CC3)n2)ccc1F. The van der Waals surface area contributed by atoms with E-state index in [0.29, 0.717) is 55.8 Å². The van der Waals surface area contributed by atoms with E-state index in [4.69, 9.17) is 4.74 Å². The second-order valence-electron chi connectivity index (χ2n) is 9.30. The highest BCUT2D eigenvalue weighted by Crippen LogP contribution is 2.35. The summed E-state index contributed by atoms with van der Waals surface area (Å²) < 4.78 is 60.7. The minimum atomic E-state index is -4.44. The molecule has 2 fully saturated rings. The van der Waals surface area contributed by atoms with Crippen LogP contribution in [-0.4, -0.2) is 60.0 Å². The predicted octanol–water partition coefficient (Wildman–Crippen LogP) is 5.31. The van der Waals surface area contributed by atoms with E-state index in [1.807, 2.05) is 11.0 Å². The van der Waals surface area contributed by atoms with Crippen LogP contribution in [0, 0.1) is 18.7 Å². The maximum atomic E-state index is 13.8. The van der Waals surface area contributed by atoms with Gasteiger partial charge >= 0.3 is 12.2 Å². The van der Waals surface area contributed by atoms with Gasteiger partial charge in [-0.1, -0.05) is 6.08 Å². The number of hydrogen-bond acceptors (Lipinski definition) is 6. The Hall–Kier alpha value is -3.43. The summed E-state index contributed by atoms with van der Waals surface area (Å²) in [5, 5.41) is 0. The lowest BCUT2D eigenvalue weighted by Crippen LogP contribution is -2.46. The Morgan fingerprint density at radius 2 is 1.78 bits per heavy atom. The second-order valence-corrected chi connectivity index (χ2v) is 9.30. The van der Waals surface area contributed by atoms with Gasteiger partial charge in [-0.15, -0.1) is 0 Å². The molecule has 36 heavy (non-hydrogen) atoms. The zero-order chi connectivity index (χ0) is 25.3. The van der Waals surface area contributed by atoms with E-state index >= 15 is 0 Å². The monoisotopic (exact) mass is 501 g/mol. The van der Waals surface area contributed by atoms with E-state index in [1.165, 1.54) is 24.4 Å². The number of allylic oxidation sites excluding steroid dienone is 3. The third-order valence-corrected chi connectivity index (χ3v) is 6.55. The van der Waals surface area contributed by atoms with Crippen molar-refractivity contribution in [2.24, 2.45) is 10.9 Å². The third kappa shape index (κ3) is 5.52. The summed E-state index contributed by atoms with van der Waals surface area (Å²) in [5.74, 6) is 0.829. The number of aromatic nitrogens is 2. The summed E-state index contributed by atoms with van der Waals surface area (Å²) in [6.45, 7) is 3.87. The van der Waals surface area contributed by atoms with E-state index < -0.39 is 11.7 Å². The average molecular weight is 502 g/mol. The van der Waals surface area contributed by atoms with Crippen LogP contribution in [0.1, 0.15) is 24.8 Å². The van der Waals surface area contributed by atoms with Gasteiger partial charge in [0.15, 0.2) is 0 Å². The summed E-state index contributed by atoms with van der Waals surface area (Å²) in [5.41, 5.74) is 1.23. The second kappa shape index (κ2) is 9.91. The predicted molar refractivity (Wildman–Crippen MR) is 129 cm³/mol. The van der Waals surface area contributed by atoms with E-state index in [0.717, 1.165) is 18.4 Å². The van der Waals surface area contributed by atoms with E-state index in [9.17, 15) is 17.6 Å². The topological polar surface area (TPSA) is 53.9 Å². The molecule has 1 aromatic carbocycles. The average Bonchev–Trinajstić information content (AvgIpc) is 3.71. The van der Waals surface area contributed by atoms with Gasteiger partial charge in [-0.25, -0.2) is 9.38 Å². The zero-order valence-electron chi connectivity index (χ0n) is 19.9. The molecule has 3 heterocycles. The van der Waals surface area contributed by atoms with Crippen molar-refractivity contribution in [3.8, 4) is 17.3 Å². The Bertz CT molecular complexity index is 1210. The molecular formula is C26H27F4N5O.